The van der Waals surface area contributed by atoms with Gasteiger partial charge in [-0.3, -0.25) is 14.9 Å². The summed E-state index contributed by atoms with van der Waals surface area (Å²) in [5.74, 6) is -0.920. The first-order chi connectivity index (χ1) is 8.40. The van der Waals surface area contributed by atoms with Crippen LogP contribution in [0, 0.1) is 15.9 Å². The van der Waals surface area contributed by atoms with Crippen molar-refractivity contribution in [3.63, 3.8) is 0 Å². The van der Waals surface area contributed by atoms with Crippen LogP contribution in [0.4, 0.5) is 15.8 Å². The SMILES string of the molecule is CC(C)NC(=O)CNc1cc(F)ccc1[N+](=O)[O-]. The van der Waals surface area contributed by atoms with Gasteiger partial charge in [-0.25, -0.2) is 4.39 Å². The lowest BCUT2D eigenvalue weighted by atomic mass is 10.2. The number of benzene rings is 1. The molecule has 0 spiro atoms. The van der Waals surface area contributed by atoms with Gasteiger partial charge in [-0.2, -0.15) is 0 Å². The quantitative estimate of drug-likeness (QED) is 0.619. The normalized spacial score (nSPS) is 10.2. The highest BCUT2D eigenvalue weighted by Gasteiger charge is 2.15. The van der Waals surface area contributed by atoms with Gasteiger partial charge in [0.25, 0.3) is 5.69 Å². The van der Waals surface area contributed by atoms with E-state index in [1.165, 1.54) is 0 Å². The Hall–Kier alpha value is -2.18. The van der Waals surface area contributed by atoms with E-state index in [4.69, 9.17) is 0 Å². The van der Waals surface area contributed by atoms with Gasteiger partial charge in [0.05, 0.1) is 11.5 Å². The third-order valence-corrected chi connectivity index (χ3v) is 2.04. The van der Waals surface area contributed by atoms with E-state index in [0.717, 1.165) is 18.2 Å². The number of hydrogen-bond acceptors (Lipinski definition) is 4. The number of nitrogens with zero attached hydrogens (tertiary/aromatic N) is 1. The van der Waals surface area contributed by atoms with Crippen LogP contribution in [-0.2, 0) is 4.79 Å². The highest BCUT2D eigenvalue weighted by atomic mass is 19.1. The monoisotopic (exact) mass is 255 g/mol. The molecule has 0 aliphatic carbocycles. The van der Waals surface area contributed by atoms with Crippen LogP contribution >= 0.6 is 0 Å². The Morgan fingerprint density at radius 1 is 1.50 bits per heavy atom. The average Bonchev–Trinajstić information content (AvgIpc) is 2.25. The summed E-state index contributed by atoms with van der Waals surface area (Å²) in [4.78, 5) is 21.4. The molecule has 6 nitrogen and oxygen atoms in total. The van der Waals surface area contributed by atoms with Gasteiger partial charge in [0.1, 0.15) is 11.5 Å². The maximum atomic E-state index is 13.0. The Morgan fingerprint density at radius 2 is 2.17 bits per heavy atom. The third kappa shape index (κ3) is 4.00. The average molecular weight is 255 g/mol. The molecule has 1 rings (SSSR count). The number of nitro groups is 1. The second-order valence-electron chi connectivity index (χ2n) is 3.99. The molecule has 0 saturated heterocycles. The van der Waals surface area contributed by atoms with Crippen LogP contribution in [-0.4, -0.2) is 23.4 Å². The zero-order valence-corrected chi connectivity index (χ0v) is 10.1. The molecule has 0 aromatic heterocycles. The molecular weight excluding hydrogens is 241 g/mol. The minimum Gasteiger partial charge on any atom is -0.370 e. The summed E-state index contributed by atoms with van der Waals surface area (Å²) in [5, 5.41) is 15.9. The number of halogens is 1. The van der Waals surface area contributed by atoms with Crippen LogP contribution in [0.5, 0.6) is 0 Å². The summed E-state index contributed by atoms with van der Waals surface area (Å²) in [6.07, 6.45) is 0. The summed E-state index contributed by atoms with van der Waals surface area (Å²) < 4.78 is 13.0. The predicted molar refractivity (Wildman–Crippen MR) is 64.8 cm³/mol. The molecule has 0 radical (unpaired) electrons. The van der Waals surface area contributed by atoms with Crippen LogP contribution in [0.15, 0.2) is 18.2 Å². The summed E-state index contributed by atoms with van der Waals surface area (Å²) >= 11 is 0. The van der Waals surface area contributed by atoms with E-state index in [1.807, 2.05) is 0 Å². The van der Waals surface area contributed by atoms with E-state index in [1.54, 1.807) is 13.8 Å². The van der Waals surface area contributed by atoms with E-state index in [9.17, 15) is 19.3 Å². The molecule has 0 atom stereocenters. The fourth-order valence-electron chi connectivity index (χ4n) is 1.36. The topological polar surface area (TPSA) is 84.3 Å². The standard InChI is InChI=1S/C11H14FN3O3/c1-7(2)14-11(16)6-13-9-5-8(12)3-4-10(9)15(17)18/h3-5,7,13H,6H2,1-2H3,(H,14,16). The highest BCUT2D eigenvalue weighted by molar-refractivity contribution is 5.81. The van der Waals surface area contributed by atoms with E-state index < -0.39 is 10.7 Å². The predicted octanol–water partition coefficient (Wildman–Crippen LogP) is 1.67. The number of carbonyl (C=O) groups excluding carboxylic acids is 1. The first-order valence-electron chi connectivity index (χ1n) is 5.37. The number of hydrogen-bond donors (Lipinski definition) is 2. The number of anilines is 1. The van der Waals surface area contributed by atoms with Crippen molar-refractivity contribution < 1.29 is 14.1 Å². The molecule has 0 unspecified atom stereocenters. The minimum absolute atomic E-state index is 0.0149. The van der Waals surface area contributed by atoms with Crippen LogP contribution in [0.2, 0.25) is 0 Å². The third-order valence-electron chi connectivity index (χ3n) is 2.04. The maximum Gasteiger partial charge on any atom is 0.292 e. The summed E-state index contributed by atoms with van der Waals surface area (Å²) in [6.45, 7) is 3.44. The molecule has 18 heavy (non-hydrogen) atoms. The zero-order chi connectivity index (χ0) is 13.7. The molecule has 1 aromatic rings. The molecule has 98 valence electrons. The van der Waals surface area contributed by atoms with Gasteiger partial charge < -0.3 is 10.6 Å². The van der Waals surface area contributed by atoms with Gasteiger partial charge in [0.2, 0.25) is 5.91 Å². The summed E-state index contributed by atoms with van der Waals surface area (Å²) in [5.41, 5.74) is -0.285. The maximum absolute atomic E-state index is 13.0. The fourth-order valence-corrected chi connectivity index (χ4v) is 1.36. The molecule has 0 aliphatic heterocycles. The van der Waals surface area contributed by atoms with Crippen LogP contribution in [0.3, 0.4) is 0 Å². The lowest BCUT2D eigenvalue weighted by molar-refractivity contribution is -0.384. The number of rotatable bonds is 5. The Bertz CT molecular complexity index is 463. The van der Waals surface area contributed by atoms with Gasteiger partial charge in [0, 0.05) is 18.2 Å². The van der Waals surface area contributed by atoms with Crippen molar-refractivity contribution in [2.75, 3.05) is 11.9 Å². The van der Waals surface area contributed by atoms with Crippen molar-refractivity contribution in [2.45, 2.75) is 19.9 Å². The van der Waals surface area contributed by atoms with Gasteiger partial charge in [-0.05, 0) is 19.9 Å². The second kappa shape index (κ2) is 5.95. The molecule has 0 fully saturated rings. The Balaban J connectivity index is 2.74. The van der Waals surface area contributed by atoms with Crippen molar-refractivity contribution >= 4 is 17.3 Å². The second-order valence-corrected chi connectivity index (χ2v) is 3.99. The van der Waals surface area contributed by atoms with Crippen LogP contribution in [0.25, 0.3) is 0 Å². The van der Waals surface area contributed by atoms with E-state index in [0.29, 0.717) is 0 Å². The number of amides is 1. The van der Waals surface area contributed by atoms with Crippen molar-refractivity contribution in [1.29, 1.82) is 0 Å². The smallest absolute Gasteiger partial charge is 0.292 e. The molecular formula is C11H14FN3O3. The lowest BCUT2D eigenvalue weighted by Crippen LogP contribution is -2.34. The fraction of sp³-hybridized carbons (Fsp3) is 0.364. The molecule has 0 aliphatic rings. The first-order valence-corrected chi connectivity index (χ1v) is 5.37. The Labute approximate surface area is 103 Å². The minimum atomic E-state index is -0.637. The molecule has 2 N–H and O–H groups in total. The van der Waals surface area contributed by atoms with Gasteiger partial charge >= 0.3 is 0 Å². The Kier molecular flexibility index (Phi) is 4.59. The number of carbonyl (C=O) groups is 1. The largest absolute Gasteiger partial charge is 0.370 e. The number of nitro benzene ring substituents is 1. The molecule has 7 heteroatoms. The van der Waals surface area contributed by atoms with Crippen LogP contribution < -0.4 is 10.6 Å². The molecule has 0 heterocycles. The number of nitrogens with one attached hydrogen (secondary N) is 2. The van der Waals surface area contributed by atoms with Gasteiger partial charge in [0.15, 0.2) is 0 Å². The zero-order valence-electron chi connectivity index (χ0n) is 10.1. The molecule has 0 saturated carbocycles. The molecule has 1 aromatic carbocycles. The van der Waals surface area contributed by atoms with Crippen molar-refractivity contribution in [3.8, 4) is 0 Å². The van der Waals surface area contributed by atoms with Crippen molar-refractivity contribution in [1.82, 2.24) is 5.32 Å². The summed E-state index contributed by atoms with van der Waals surface area (Å²) in [7, 11) is 0. The Morgan fingerprint density at radius 3 is 2.72 bits per heavy atom. The van der Waals surface area contributed by atoms with Crippen molar-refractivity contribution in [3.05, 3.63) is 34.1 Å². The highest BCUT2D eigenvalue weighted by Crippen LogP contribution is 2.24. The van der Waals surface area contributed by atoms with Crippen molar-refractivity contribution in [2.24, 2.45) is 0 Å². The van der Waals surface area contributed by atoms with Gasteiger partial charge in [-0.1, -0.05) is 0 Å². The van der Waals surface area contributed by atoms with Crippen LogP contribution in [0.1, 0.15) is 13.8 Å². The lowest BCUT2D eigenvalue weighted by Gasteiger charge is -2.10. The summed E-state index contributed by atoms with van der Waals surface area (Å²) in [6, 6.07) is 3.01. The van der Waals surface area contributed by atoms with E-state index >= 15 is 0 Å². The van der Waals surface area contributed by atoms with Gasteiger partial charge in [-0.15, -0.1) is 0 Å². The van der Waals surface area contributed by atoms with E-state index in [-0.39, 0.29) is 29.9 Å². The first kappa shape index (κ1) is 13.9. The molecule has 0 bridgehead atoms. The molecule has 1 amide bonds. The van der Waals surface area contributed by atoms with E-state index in [2.05, 4.69) is 10.6 Å².